The quantitative estimate of drug-likeness (QED) is 0.859. The Labute approximate surface area is 127 Å². The highest BCUT2D eigenvalue weighted by Crippen LogP contribution is 2.20. The van der Waals surface area contributed by atoms with E-state index in [1.165, 1.54) is 5.56 Å². The Kier molecular flexibility index (Phi) is 5.07. The third-order valence-electron chi connectivity index (χ3n) is 3.25. The molecule has 2 aromatic rings. The van der Waals surface area contributed by atoms with E-state index in [2.05, 4.69) is 39.1 Å². The van der Waals surface area contributed by atoms with Crippen LogP contribution in [0.25, 0.3) is 0 Å². The molecule has 0 aliphatic carbocycles. The first-order valence-electron chi connectivity index (χ1n) is 7.50. The lowest BCUT2D eigenvalue weighted by molar-refractivity contribution is 0.268. The number of hydrogen-bond donors (Lipinski definition) is 1. The third kappa shape index (κ3) is 4.94. The van der Waals surface area contributed by atoms with Crippen LogP contribution < -0.4 is 10.1 Å². The monoisotopic (exact) mass is 287 g/mol. The van der Waals surface area contributed by atoms with Crippen molar-refractivity contribution in [1.29, 1.82) is 0 Å². The molecule has 0 amide bonds. The summed E-state index contributed by atoms with van der Waals surface area (Å²) in [6.07, 6.45) is 2.76. The van der Waals surface area contributed by atoms with E-state index in [1.807, 2.05) is 24.3 Å². The number of nitrogens with one attached hydrogen (secondary N) is 1. The third-order valence-corrected chi connectivity index (χ3v) is 3.25. The molecule has 0 fully saturated rings. The highest BCUT2D eigenvalue weighted by molar-refractivity contribution is 5.33. The molecule has 2 rings (SSSR count). The number of furan rings is 1. The Morgan fingerprint density at radius 3 is 2.67 bits per heavy atom. The van der Waals surface area contributed by atoms with Gasteiger partial charge in [-0.15, -0.1) is 0 Å². The lowest BCUT2D eigenvalue weighted by Gasteiger charge is -2.19. The van der Waals surface area contributed by atoms with Gasteiger partial charge in [0.25, 0.3) is 0 Å². The first-order chi connectivity index (χ1) is 9.98. The zero-order chi connectivity index (χ0) is 15.3. The molecule has 3 heteroatoms. The van der Waals surface area contributed by atoms with Crippen LogP contribution in [0.15, 0.2) is 41.0 Å². The van der Waals surface area contributed by atoms with Gasteiger partial charge >= 0.3 is 0 Å². The molecule has 0 spiro atoms. The second-order valence-corrected chi connectivity index (χ2v) is 6.27. The van der Waals surface area contributed by atoms with Gasteiger partial charge in [-0.1, -0.05) is 25.1 Å². The minimum atomic E-state index is 0.105. The molecule has 0 unspecified atom stereocenters. The Bertz CT molecular complexity index is 567. The fraction of sp³-hybridized carbons (Fsp3) is 0.444. The van der Waals surface area contributed by atoms with Gasteiger partial charge in [0.2, 0.25) is 0 Å². The number of para-hydroxylation sites is 1. The lowest BCUT2D eigenvalue weighted by Crippen LogP contribution is -2.34. The van der Waals surface area contributed by atoms with Crippen molar-refractivity contribution in [2.24, 2.45) is 0 Å². The summed E-state index contributed by atoms with van der Waals surface area (Å²) in [7, 11) is 0. The summed E-state index contributed by atoms with van der Waals surface area (Å²) >= 11 is 0. The fourth-order valence-corrected chi connectivity index (χ4v) is 2.05. The molecule has 21 heavy (non-hydrogen) atoms. The van der Waals surface area contributed by atoms with Gasteiger partial charge in [0, 0.05) is 17.6 Å². The van der Waals surface area contributed by atoms with E-state index >= 15 is 0 Å². The normalized spacial score (nSPS) is 11.6. The zero-order valence-corrected chi connectivity index (χ0v) is 13.4. The highest BCUT2D eigenvalue weighted by atomic mass is 16.5. The van der Waals surface area contributed by atoms with Crippen LogP contribution in [0, 0.1) is 0 Å². The molecule has 1 N–H and O–H groups in total. The average molecular weight is 287 g/mol. The molecule has 0 bridgehead atoms. The van der Waals surface area contributed by atoms with Gasteiger partial charge in [-0.25, -0.2) is 0 Å². The predicted octanol–water partition coefficient (Wildman–Crippen LogP) is 4.31. The molecule has 0 atom stereocenters. The molecule has 0 saturated carbocycles. The molecule has 1 heterocycles. The Hall–Kier alpha value is -1.74. The average Bonchev–Trinajstić information content (AvgIpc) is 2.90. The van der Waals surface area contributed by atoms with E-state index in [0.29, 0.717) is 6.61 Å². The molecule has 0 aliphatic heterocycles. The van der Waals surface area contributed by atoms with Crippen LogP contribution in [-0.4, -0.2) is 5.54 Å². The summed E-state index contributed by atoms with van der Waals surface area (Å²) in [4.78, 5) is 0. The molecule has 1 aromatic heterocycles. The fourth-order valence-electron chi connectivity index (χ4n) is 2.05. The maximum Gasteiger partial charge on any atom is 0.146 e. The van der Waals surface area contributed by atoms with Crippen molar-refractivity contribution in [3.8, 4) is 5.75 Å². The SMILES string of the molecule is CCc1ccccc1OCc1cc(CNC(C)(C)C)co1. The molecular weight excluding hydrogens is 262 g/mol. The molecular formula is C18H25NO2. The van der Waals surface area contributed by atoms with Gasteiger partial charge in [-0.2, -0.15) is 0 Å². The molecule has 3 nitrogen and oxygen atoms in total. The topological polar surface area (TPSA) is 34.4 Å². The zero-order valence-electron chi connectivity index (χ0n) is 13.4. The van der Waals surface area contributed by atoms with E-state index in [0.717, 1.165) is 30.0 Å². The van der Waals surface area contributed by atoms with Crippen molar-refractivity contribution in [2.75, 3.05) is 0 Å². The molecule has 114 valence electrons. The van der Waals surface area contributed by atoms with Crippen LogP contribution >= 0.6 is 0 Å². The van der Waals surface area contributed by atoms with Crippen molar-refractivity contribution < 1.29 is 9.15 Å². The molecule has 0 aliphatic rings. The Morgan fingerprint density at radius 1 is 1.19 bits per heavy atom. The van der Waals surface area contributed by atoms with Crippen LogP contribution in [0.5, 0.6) is 5.75 Å². The number of benzene rings is 1. The maximum absolute atomic E-state index is 5.86. The van der Waals surface area contributed by atoms with Crippen LogP contribution in [0.4, 0.5) is 0 Å². The maximum atomic E-state index is 5.86. The standard InChI is InChI=1S/C18H25NO2/c1-5-15-8-6-7-9-17(15)21-13-16-10-14(12-20-16)11-19-18(2,3)4/h6-10,12,19H,5,11,13H2,1-4H3. The number of ether oxygens (including phenoxy) is 1. The van der Waals surface area contributed by atoms with Crippen LogP contribution in [-0.2, 0) is 19.6 Å². The summed E-state index contributed by atoms with van der Waals surface area (Å²) in [5.74, 6) is 1.79. The summed E-state index contributed by atoms with van der Waals surface area (Å²) < 4.78 is 11.4. The summed E-state index contributed by atoms with van der Waals surface area (Å²) in [5, 5.41) is 3.44. The van der Waals surface area contributed by atoms with E-state index in [1.54, 1.807) is 6.26 Å². The minimum Gasteiger partial charge on any atom is -0.485 e. The highest BCUT2D eigenvalue weighted by Gasteiger charge is 2.10. The Morgan fingerprint density at radius 2 is 1.95 bits per heavy atom. The first kappa shape index (κ1) is 15.6. The van der Waals surface area contributed by atoms with Crippen molar-refractivity contribution in [3.05, 3.63) is 53.5 Å². The van der Waals surface area contributed by atoms with E-state index in [-0.39, 0.29) is 5.54 Å². The van der Waals surface area contributed by atoms with Crippen molar-refractivity contribution >= 4 is 0 Å². The van der Waals surface area contributed by atoms with E-state index in [9.17, 15) is 0 Å². The number of aryl methyl sites for hydroxylation is 1. The number of hydrogen-bond acceptors (Lipinski definition) is 3. The van der Waals surface area contributed by atoms with Crippen LogP contribution in [0.2, 0.25) is 0 Å². The van der Waals surface area contributed by atoms with E-state index in [4.69, 9.17) is 9.15 Å². The minimum absolute atomic E-state index is 0.105. The lowest BCUT2D eigenvalue weighted by atomic mass is 10.1. The number of rotatable bonds is 6. The predicted molar refractivity (Wildman–Crippen MR) is 85.5 cm³/mol. The van der Waals surface area contributed by atoms with Gasteiger partial charge in [0.15, 0.2) is 0 Å². The van der Waals surface area contributed by atoms with Crippen LogP contribution in [0.3, 0.4) is 0 Å². The van der Waals surface area contributed by atoms with Crippen molar-refractivity contribution in [1.82, 2.24) is 5.32 Å². The summed E-state index contributed by atoms with van der Waals surface area (Å²) in [5.41, 5.74) is 2.47. The molecule has 0 radical (unpaired) electrons. The van der Waals surface area contributed by atoms with Gasteiger partial charge < -0.3 is 14.5 Å². The Balaban J connectivity index is 1.91. The van der Waals surface area contributed by atoms with Gasteiger partial charge in [0.05, 0.1) is 6.26 Å². The summed E-state index contributed by atoms with van der Waals surface area (Å²) in [6, 6.07) is 10.2. The van der Waals surface area contributed by atoms with E-state index < -0.39 is 0 Å². The first-order valence-corrected chi connectivity index (χ1v) is 7.50. The second-order valence-electron chi connectivity index (χ2n) is 6.27. The van der Waals surface area contributed by atoms with Gasteiger partial charge in [-0.3, -0.25) is 0 Å². The molecule has 0 saturated heterocycles. The van der Waals surface area contributed by atoms with Crippen LogP contribution in [0.1, 0.15) is 44.6 Å². The van der Waals surface area contributed by atoms with Crippen molar-refractivity contribution in [3.63, 3.8) is 0 Å². The second kappa shape index (κ2) is 6.81. The summed E-state index contributed by atoms with van der Waals surface area (Å²) in [6.45, 7) is 9.85. The smallest absolute Gasteiger partial charge is 0.146 e. The van der Waals surface area contributed by atoms with Gasteiger partial charge in [-0.05, 0) is 44.9 Å². The largest absolute Gasteiger partial charge is 0.485 e. The van der Waals surface area contributed by atoms with Crippen molar-refractivity contribution in [2.45, 2.75) is 52.8 Å². The molecule has 1 aromatic carbocycles. The van der Waals surface area contributed by atoms with Gasteiger partial charge in [0.1, 0.15) is 18.1 Å².